The van der Waals surface area contributed by atoms with Crippen LogP contribution in [0.5, 0.6) is 5.75 Å². The first-order valence-corrected chi connectivity index (χ1v) is 5.74. The average Bonchev–Trinajstić information content (AvgIpc) is 2.40. The first-order chi connectivity index (χ1) is 8.75. The first kappa shape index (κ1) is 12.3. The van der Waals surface area contributed by atoms with Crippen LogP contribution in [-0.2, 0) is 6.54 Å². The van der Waals surface area contributed by atoms with Gasteiger partial charge in [-0.25, -0.2) is 4.98 Å². The molecule has 5 nitrogen and oxygen atoms in total. The largest absolute Gasteiger partial charge is 0.504 e. The van der Waals surface area contributed by atoms with E-state index in [9.17, 15) is 5.11 Å². The molecular weight excluding hydrogens is 248 g/mol. The maximum atomic E-state index is 9.52. The zero-order valence-electron chi connectivity index (χ0n) is 9.50. The summed E-state index contributed by atoms with van der Waals surface area (Å²) in [5, 5.41) is 15.7. The first-order valence-electron chi connectivity index (χ1n) is 5.33. The second kappa shape index (κ2) is 5.92. The molecule has 0 aliphatic heterocycles. The maximum absolute atomic E-state index is 9.52. The van der Waals surface area contributed by atoms with Crippen molar-refractivity contribution in [2.24, 2.45) is 0 Å². The number of anilines is 1. The van der Waals surface area contributed by atoms with Crippen LogP contribution in [0.3, 0.4) is 0 Å². The fourth-order valence-corrected chi connectivity index (χ4v) is 1.50. The normalized spacial score (nSPS) is 9.78. The molecule has 0 amide bonds. The van der Waals surface area contributed by atoms with Gasteiger partial charge >= 0.3 is 0 Å². The minimum Gasteiger partial charge on any atom is -0.504 e. The van der Waals surface area contributed by atoms with Crippen LogP contribution in [0.25, 0.3) is 0 Å². The summed E-state index contributed by atoms with van der Waals surface area (Å²) in [6.07, 6.45) is 5.05. The van der Waals surface area contributed by atoms with E-state index in [4.69, 9.17) is 12.2 Å². The van der Waals surface area contributed by atoms with Crippen LogP contribution in [0, 0.1) is 0 Å². The molecule has 0 aliphatic rings. The molecule has 0 saturated heterocycles. The van der Waals surface area contributed by atoms with Crippen molar-refractivity contribution in [3.8, 4) is 5.75 Å². The smallest absolute Gasteiger partial charge is 0.174 e. The summed E-state index contributed by atoms with van der Waals surface area (Å²) < 4.78 is 0. The Morgan fingerprint density at radius 1 is 1.28 bits per heavy atom. The molecule has 0 fully saturated rings. The highest BCUT2D eigenvalue weighted by Gasteiger charge is 2.03. The molecule has 6 heteroatoms. The van der Waals surface area contributed by atoms with Gasteiger partial charge in [-0.1, -0.05) is 6.07 Å². The van der Waals surface area contributed by atoms with Gasteiger partial charge in [-0.15, -0.1) is 0 Å². The number of thiocarbonyl (C=S) groups is 1. The van der Waals surface area contributed by atoms with Crippen molar-refractivity contribution in [2.75, 3.05) is 5.32 Å². The fraction of sp³-hybridized carbons (Fsp3) is 0.0833. The van der Waals surface area contributed by atoms with Crippen LogP contribution in [0.1, 0.15) is 5.56 Å². The van der Waals surface area contributed by atoms with Gasteiger partial charge in [-0.3, -0.25) is 4.98 Å². The van der Waals surface area contributed by atoms with Crippen LogP contribution in [-0.4, -0.2) is 20.2 Å². The van der Waals surface area contributed by atoms with Gasteiger partial charge in [0.25, 0.3) is 0 Å². The average molecular weight is 260 g/mol. The van der Waals surface area contributed by atoms with Crippen molar-refractivity contribution in [1.82, 2.24) is 15.3 Å². The number of hydrogen-bond acceptors (Lipinski definition) is 4. The molecule has 0 spiro atoms. The van der Waals surface area contributed by atoms with Crippen LogP contribution in [0.4, 0.5) is 5.82 Å². The van der Waals surface area contributed by atoms with Crippen molar-refractivity contribution in [3.63, 3.8) is 0 Å². The quantitative estimate of drug-likeness (QED) is 0.729. The van der Waals surface area contributed by atoms with Crippen LogP contribution < -0.4 is 10.6 Å². The lowest BCUT2D eigenvalue weighted by molar-refractivity contribution is 0.475. The SMILES string of the molecule is Oc1cccnc1NC(=S)NCc1cccnc1. The highest BCUT2D eigenvalue weighted by atomic mass is 32.1. The molecular formula is C12H12N4OS. The molecule has 3 N–H and O–H groups in total. The molecule has 2 heterocycles. The van der Waals surface area contributed by atoms with E-state index >= 15 is 0 Å². The minimum atomic E-state index is 0.0584. The Kier molecular flexibility index (Phi) is 4.03. The lowest BCUT2D eigenvalue weighted by atomic mass is 10.3. The lowest BCUT2D eigenvalue weighted by Crippen LogP contribution is -2.28. The second-order valence-corrected chi connectivity index (χ2v) is 3.95. The molecule has 2 aromatic rings. The standard InChI is InChI=1S/C12H12N4OS/c17-10-4-2-6-14-11(10)16-12(18)15-8-9-3-1-5-13-7-9/h1-7,17H,8H2,(H2,14,15,16,18). The second-order valence-electron chi connectivity index (χ2n) is 3.54. The number of rotatable bonds is 3. The number of nitrogens with one attached hydrogen (secondary N) is 2. The Morgan fingerprint density at radius 3 is 2.83 bits per heavy atom. The predicted molar refractivity (Wildman–Crippen MR) is 73.2 cm³/mol. The van der Waals surface area contributed by atoms with Gasteiger partial charge in [0.1, 0.15) is 0 Å². The number of aromatic hydroxyl groups is 1. The van der Waals surface area contributed by atoms with Crippen molar-refractivity contribution in [3.05, 3.63) is 48.4 Å². The van der Waals surface area contributed by atoms with E-state index in [0.717, 1.165) is 5.56 Å². The van der Waals surface area contributed by atoms with Crippen molar-refractivity contribution >= 4 is 23.1 Å². The summed E-state index contributed by atoms with van der Waals surface area (Å²) in [6, 6.07) is 6.99. The van der Waals surface area contributed by atoms with E-state index in [2.05, 4.69) is 20.6 Å². The summed E-state index contributed by atoms with van der Waals surface area (Å²) in [6.45, 7) is 0.563. The molecule has 2 aromatic heterocycles. The monoisotopic (exact) mass is 260 g/mol. The number of pyridine rings is 2. The summed E-state index contributed by atoms with van der Waals surface area (Å²) in [5.74, 6) is 0.393. The summed E-state index contributed by atoms with van der Waals surface area (Å²) in [7, 11) is 0. The highest BCUT2D eigenvalue weighted by Crippen LogP contribution is 2.17. The zero-order chi connectivity index (χ0) is 12.8. The molecule has 18 heavy (non-hydrogen) atoms. The third-order valence-electron chi connectivity index (χ3n) is 2.19. The maximum Gasteiger partial charge on any atom is 0.174 e. The zero-order valence-corrected chi connectivity index (χ0v) is 10.3. The molecule has 0 aliphatic carbocycles. The fourth-order valence-electron chi connectivity index (χ4n) is 1.33. The molecule has 0 atom stereocenters. The van der Waals surface area contributed by atoms with Crippen LogP contribution in [0.2, 0.25) is 0 Å². The van der Waals surface area contributed by atoms with Gasteiger partial charge in [0.05, 0.1) is 0 Å². The van der Waals surface area contributed by atoms with E-state index in [1.54, 1.807) is 30.7 Å². The van der Waals surface area contributed by atoms with Crippen molar-refractivity contribution in [1.29, 1.82) is 0 Å². The molecule has 0 radical (unpaired) electrons. The van der Waals surface area contributed by atoms with Gasteiger partial charge in [-0.2, -0.15) is 0 Å². The number of aromatic nitrogens is 2. The Balaban J connectivity index is 1.88. The van der Waals surface area contributed by atoms with Crippen molar-refractivity contribution < 1.29 is 5.11 Å². The topological polar surface area (TPSA) is 70.1 Å². The third kappa shape index (κ3) is 3.39. The Bertz CT molecular complexity index is 533. The summed E-state index contributed by atoms with van der Waals surface area (Å²) in [4.78, 5) is 7.98. The molecule has 2 rings (SSSR count). The van der Waals surface area contributed by atoms with Crippen LogP contribution in [0.15, 0.2) is 42.9 Å². The highest BCUT2D eigenvalue weighted by molar-refractivity contribution is 7.80. The summed E-state index contributed by atoms with van der Waals surface area (Å²) >= 11 is 5.10. The predicted octanol–water partition coefficient (Wildman–Crippen LogP) is 1.67. The minimum absolute atomic E-state index is 0.0584. The van der Waals surface area contributed by atoms with Gasteiger partial charge in [0, 0.05) is 25.1 Å². The van der Waals surface area contributed by atoms with E-state index in [1.165, 1.54) is 0 Å². The molecule has 0 bridgehead atoms. The molecule has 0 unspecified atom stereocenters. The van der Waals surface area contributed by atoms with Crippen LogP contribution >= 0.6 is 12.2 Å². The lowest BCUT2D eigenvalue weighted by Gasteiger charge is -2.10. The van der Waals surface area contributed by atoms with E-state index < -0.39 is 0 Å². The van der Waals surface area contributed by atoms with E-state index in [0.29, 0.717) is 17.5 Å². The number of hydrogen-bond donors (Lipinski definition) is 3. The third-order valence-corrected chi connectivity index (χ3v) is 2.44. The Hall–Kier alpha value is -2.21. The van der Waals surface area contributed by atoms with E-state index in [-0.39, 0.29) is 5.75 Å². The Labute approximate surface area is 110 Å². The number of nitrogens with zero attached hydrogens (tertiary/aromatic N) is 2. The Morgan fingerprint density at radius 2 is 2.11 bits per heavy atom. The van der Waals surface area contributed by atoms with Gasteiger partial charge in [0.15, 0.2) is 16.7 Å². The summed E-state index contributed by atoms with van der Waals surface area (Å²) in [5.41, 5.74) is 1.02. The molecule has 92 valence electrons. The molecule has 0 saturated carbocycles. The molecule has 0 aromatic carbocycles. The van der Waals surface area contributed by atoms with Gasteiger partial charge < -0.3 is 15.7 Å². The van der Waals surface area contributed by atoms with E-state index in [1.807, 2.05) is 12.1 Å². The van der Waals surface area contributed by atoms with Gasteiger partial charge in [-0.05, 0) is 36.0 Å². The van der Waals surface area contributed by atoms with Gasteiger partial charge in [0.2, 0.25) is 0 Å². The van der Waals surface area contributed by atoms with Crippen molar-refractivity contribution in [2.45, 2.75) is 6.54 Å².